The number of rotatable bonds is 2. The van der Waals surface area contributed by atoms with Crippen molar-refractivity contribution in [1.29, 1.82) is 0 Å². The Hall–Kier alpha value is -1.46. The highest BCUT2D eigenvalue weighted by Gasteiger charge is 2.10. The molecule has 1 aromatic carbocycles. The molecule has 1 aromatic heterocycles. The summed E-state index contributed by atoms with van der Waals surface area (Å²) in [6, 6.07) is 5.58. The molecule has 0 aliphatic rings. The van der Waals surface area contributed by atoms with Gasteiger partial charge in [-0.05, 0) is 24.6 Å². The highest BCUT2D eigenvalue weighted by molar-refractivity contribution is 9.10. The molecule has 0 atom stereocenters. The van der Waals surface area contributed by atoms with Crippen molar-refractivity contribution >= 4 is 39.1 Å². The summed E-state index contributed by atoms with van der Waals surface area (Å²) in [5, 5.41) is 3.03. The number of carbonyl (C=O) groups excluding carboxylic acids is 1. The fourth-order valence-electron chi connectivity index (χ4n) is 1.36. The lowest BCUT2D eigenvalue weighted by atomic mass is 10.2. The SMILES string of the molecule is Cc1c(Br)cccc1NC(=O)c1cnc(Cl)cn1. The largest absolute Gasteiger partial charge is 0.320 e. The zero-order chi connectivity index (χ0) is 13.1. The first-order valence-electron chi connectivity index (χ1n) is 5.12. The summed E-state index contributed by atoms with van der Waals surface area (Å²) in [6.45, 7) is 1.91. The molecule has 0 fully saturated rings. The molecule has 0 spiro atoms. The molecule has 2 aromatic rings. The Morgan fingerprint density at radius 1 is 1.33 bits per heavy atom. The molecular formula is C12H9BrClN3O. The number of anilines is 1. The average molecular weight is 327 g/mol. The van der Waals surface area contributed by atoms with E-state index in [2.05, 4.69) is 31.2 Å². The summed E-state index contributed by atoms with van der Waals surface area (Å²) in [4.78, 5) is 19.6. The lowest BCUT2D eigenvalue weighted by Gasteiger charge is -2.08. The van der Waals surface area contributed by atoms with Crippen molar-refractivity contribution in [3.8, 4) is 0 Å². The van der Waals surface area contributed by atoms with Gasteiger partial charge in [0.15, 0.2) is 0 Å². The van der Waals surface area contributed by atoms with Crippen molar-refractivity contribution in [3.05, 3.63) is 51.5 Å². The minimum absolute atomic E-state index is 0.221. The van der Waals surface area contributed by atoms with E-state index in [4.69, 9.17) is 11.6 Å². The van der Waals surface area contributed by atoms with E-state index in [1.807, 2.05) is 25.1 Å². The summed E-state index contributed by atoms with van der Waals surface area (Å²) in [5.41, 5.74) is 1.90. The predicted octanol–water partition coefficient (Wildman–Crippen LogP) is 3.45. The fourth-order valence-corrected chi connectivity index (χ4v) is 1.82. The summed E-state index contributed by atoms with van der Waals surface area (Å²) in [6.07, 6.45) is 2.68. The molecule has 18 heavy (non-hydrogen) atoms. The molecule has 6 heteroatoms. The molecule has 0 bridgehead atoms. The van der Waals surface area contributed by atoms with Crippen LogP contribution < -0.4 is 5.32 Å². The maximum atomic E-state index is 11.9. The number of carbonyl (C=O) groups is 1. The van der Waals surface area contributed by atoms with Crippen LogP contribution in [0.1, 0.15) is 16.1 Å². The zero-order valence-electron chi connectivity index (χ0n) is 9.45. The van der Waals surface area contributed by atoms with E-state index in [1.165, 1.54) is 12.4 Å². The molecule has 0 aliphatic carbocycles. The first-order valence-corrected chi connectivity index (χ1v) is 6.29. The van der Waals surface area contributed by atoms with Gasteiger partial charge in [-0.1, -0.05) is 33.6 Å². The third-order valence-electron chi connectivity index (χ3n) is 2.37. The number of amides is 1. The summed E-state index contributed by atoms with van der Waals surface area (Å²) in [7, 11) is 0. The van der Waals surface area contributed by atoms with Crippen LogP contribution in [0.5, 0.6) is 0 Å². The third kappa shape index (κ3) is 2.86. The summed E-state index contributed by atoms with van der Waals surface area (Å²) >= 11 is 9.02. The first kappa shape index (κ1) is 13.0. The quantitative estimate of drug-likeness (QED) is 0.919. The molecule has 0 saturated carbocycles. The van der Waals surface area contributed by atoms with E-state index in [0.29, 0.717) is 0 Å². The Kier molecular flexibility index (Phi) is 3.93. The van der Waals surface area contributed by atoms with E-state index >= 15 is 0 Å². The van der Waals surface area contributed by atoms with Gasteiger partial charge in [-0.15, -0.1) is 0 Å². The van der Waals surface area contributed by atoms with E-state index in [0.717, 1.165) is 15.7 Å². The second kappa shape index (κ2) is 5.46. The van der Waals surface area contributed by atoms with Gasteiger partial charge in [0.05, 0.1) is 12.4 Å². The number of halogens is 2. The molecule has 1 N–H and O–H groups in total. The summed E-state index contributed by atoms with van der Waals surface area (Å²) < 4.78 is 0.933. The number of hydrogen-bond acceptors (Lipinski definition) is 3. The Balaban J connectivity index is 2.21. The Morgan fingerprint density at radius 3 is 2.78 bits per heavy atom. The monoisotopic (exact) mass is 325 g/mol. The molecule has 4 nitrogen and oxygen atoms in total. The molecule has 0 saturated heterocycles. The predicted molar refractivity (Wildman–Crippen MR) is 73.9 cm³/mol. The van der Waals surface area contributed by atoms with E-state index in [-0.39, 0.29) is 16.8 Å². The Bertz CT molecular complexity index is 586. The van der Waals surface area contributed by atoms with Gasteiger partial charge < -0.3 is 5.32 Å². The zero-order valence-corrected chi connectivity index (χ0v) is 11.8. The fraction of sp³-hybridized carbons (Fsp3) is 0.0833. The van der Waals surface area contributed by atoms with Gasteiger partial charge in [0, 0.05) is 10.2 Å². The van der Waals surface area contributed by atoms with Crippen LogP contribution in [0.2, 0.25) is 5.15 Å². The van der Waals surface area contributed by atoms with Gasteiger partial charge >= 0.3 is 0 Å². The lowest BCUT2D eigenvalue weighted by molar-refractivity contribution is 0.102. The van der Waals surface area contributed by atoms with Crippen molar-refractivity contribution < 1.29 is 4.79 Å². The maximum Gasteiger partial charge on any atom is 0.275 e. The standard InChI is InChI=1S/C12H9BrClN3O/c1-7-8(13)3-2-4-9(7)17-12(18)10-5-16-11(14)6-15-10/h2-6H,1H3,(H,17,18). The van der Waals surface area contributed by atoms with Crippen LogP contribution in [0.3, 0.4) is 0 Å². The smallest absolute Gasteiger partial charge is 0.275 e. The number of benzene rings is 1. The highest BCUT2D eigenvalue weighted by atomic mass is 79.9. The van der Waals surface area contributed by atoms with Gasteiger partial charge in [-0.25, -0.2) is 9.97 Å². The first-order chi connectivity index (χ1) is 8.58. The second-order valence-corrected chi connectivity index (χ2v) is 4.83. The third-order valence-corrected chi connectivity index (χ3v) is 3.42. The minimum Gasteiger partial charge on any atom is -0.320 e. The molecule has 0 aliphatic heterocycles. The Morgan fingerprint density at radius 2 is 2.11 bits per heavy atom. The summed E-state index contributed by atoms with van der Waals surface area (Å²) in [5.74, 6) is -0.319. The van der Waals surface area contributed by atoms with Gasteiger partial charge in [-0.2, -0.15) is 0 Å². The van der Waals surface area contributed by atoms with Crippen LogP contribution in [-0.4, -0.2) is 15.9 Å². The van der Waals surface area contributed by atoms with Gasteiger partial charge in [0.2, 0.25) is 0 Å². The Labute approximate surface area is 118 Å². The topological polar surface area (TPSA) is 54.9 Å². The number of nitrogens with one attached hydrogen (secondary N) is 1. The molecule has 1 heterocycles. The molecule has 92 valence electrons. The van der Waals surface area contributed by atoms with Crippen molar-refractivity contribution in [1.82, 2.24) is 9.97 Å². The molecule has 2 rings (SSSR count). The van der Waals surface area contributed by atoms with Crippen LogP contribution in [0, 0.1) is 6.92 Å². The molecule has 0 unspecified atom stereocenters. The molecule has 0 radical (unpaired) electrons. The van der Waals surface area contributed by atoms with Crippen LogP contribution in [0.25, 0.3) is 0 Å². The maximum absolute atomic E-state index is 11.9. The number of hydrogen-bond donors (Lipinski definition) is 1. The number of aromatic nitrogens is 2. The van der Waals surface area contributed by atoms with Crippen LogP contribution in [-0.2, 0) is 0 Å². The van der Waals surface area contributed by atoms with Crippen LogP contribution in [0.15, 0.2) is 35.1 Å². The normalized spacial score (nSPS) is 10.2. The second-order valence-electron chi connectivity index (χ2n) is 3.59. The van der Waals surface area contributed by atoms with Crippen LogP contribution >= 0.6 is 27.5 Å². The van der Waals surface area contributed by atoms with E-state index in [1.54, 1.807) is 0 Å². The van der Waals surface area contributed by atoms with Gasteiger partial charge in [0.25, 0.3) is 5.91 Å². The van der Waals surface area contributed by atoms with Gasteiger partial charge in [0.1, 0.15) is 10.8 Å². The van der Waals surface area contributed by atoms with Crippen molar-refractivity contribution in [2.45, 2.75) is 6.92 Å². The minimum atomic E-state index is -0.319. The average Bonchev–Trinajstić information content (AvgIpc) is 2.36. The molecular weight excluding hydrogens is 318 g/mol. The van der Waals surface area contributed by atoms with E-state index < -0.39 is 0 Å². The lowest BCUT2D eigenvalue weighted by Crippen LogP contribution is -2.14. The van der Waals surface area contributed by atoms with Crippen LogP contribution in [0.4, 0.5) is 5.69 Å². The van der Waals surface area contributed by atoms with E-state index in [9.17, 15) is 4.79 Å². The van der Waals surface area contributed by atoms with Crippen molar-refractivity contribution in [3.63, 3.8) is 0 Å². The van der Waals surface area contributed by atoms with Crippen molar-refractivity contribution in [2.75, 3.05) is 5.32 Å². The van der Waals surface area contributed by atoms with Gasteiger partial charge in [-0.3, -0.25) is 4.79 Å². The highest BCUT2D eigenvalue weighted by Crippen LogP contribution is 2.23. The van der Waals surface area contributed by atoms with Crippen molar-refractivity contribution in [2.24, 2.45) is 0 Å². The molecule has 1 amide bonds. The number of nitrogens with zero attached hydrogens (tertiary/aromatic N) is 2.